The van der Waals surface area contributed by atoms with Crippen LogP contribution in [0.1, 0.15) is 10.4 Å². The molecule has 0 aliphatic carbocycles. The third kappa shape index (κ3) is 2.66. The smallest absolute Gasteiger partial charge is 0.409 e. The molecule has 0 saturated carbocycles. The Kier molecular flexibility index (Phi) is 4.07. The first-order valence-corrected chi connectivity index (χ1v) is 6.20. The number of rotatable bonds is 1. The van der Waals surface area contributed by atoms with Gasteiger partial charge in [-0.15, -0.1) is 0 Å². The van der Waals surface area contributed by atoms with Gasteiger partial charge in [-0.2, -0.15) is 0 Å². The number of anilines is 1. The number of piperazine rings is 1. The molecule has 2 N–H and O–H groups in total. The molecule has 6 nitrogen and oxygen atoms in total. The molecule has 20 heavy (non-hydrogen) atoms. The van der Waals surface area contributed by atoms with E-state index >= 15 is 0 Å². The average Bonchev–Trinajstić information content (AvgIpc) is 2.48. The lowest BCUT2D eigenvalue weighted by Gasteiger charge is -2.34. The Morgan fingerprint density at radius 3 is 2.40 bits per heavy atom. The number of carbonyl (C=O) groups is 2. The largest absolute Gasteiger partial charge is 0.453 e. The standard InChI is InChI=1S/C13H16FN3O3/c1-20-13(19)17-7-5-16(6-8-17)12(18)9-3-2-4-10(14)11(9)15/h2-4H,5-8,15H2,1H3. The molecule has 1 fully saturated rings. The van der Waals surface area contributed by atoms with Gasteiger partial charge in [-0.25, -0.2) is 9.18 Å². The van der Waals surface area contributed by atoms with E-state index in [-0.39, 0.29) is 17.2 Å². The van der Waals surface area contributed by atoms with Crippen LogP contribution in [0.5, 0.6) is 0 Å². The predicted octanol–water partition coefficient (Wildman–Crippen LogP) is 0.932. The second kappa shape index (κ2) is 5.77. The summed E-state index contributed by atoms with van der Waals surface area (Å²) >= 11 is 0. The van der Waals surface area contributed by atoms with Gasteiger partial charge in [0.15, 0.2) is 0 Å². The van der Waals surface area contributed by atoms with E-state index in [9.17, 15) is 14.0 Å². The Morgan fingerprint density at radius 2 is 1.80 bits per heavy atom. The van der Waals surface area contributed by atoms with Crippen LogP contribution in [0.2, 0.25) is 0 Å². The van der Waals surface area contributed by atoms with Crippen molar-refractivity contribution >= 4 is 17.7 Å². The van der Waals surface area contributed by atoms with E-state index in [1.165, 1.54) is 30.2 Å². The highest BCUT2D eigenvalue weighted by molar-refractivity contribution is 5.99. The molecule has 2 rings (SSSR count). The van der Waals surface area contributed by atoms with Gasteiger partial charge in [0.25, 0.3) is 5.91 Å². The van der Waals surface area contributed by atoms with Gasteiger partial charge in [-0.3, -0.25) is 4.79 Å². The SMILES string of the molecule is COC(=O)N1CCN(C(=O)c2cccc(F)c2N)CC1. The van der Waals surface area contributed by atoms with Gasteiger partial charge in [-0.05, 0) is 12.1 Å². The van der Waals surface area contributed by atoms with Crippen molar-refractivity contribution in [2.45, 2.75) is 0 Å². The van der Waals surface area contributed by atoms with Crippen molar-refractivity contribution in [3.8, 4) is 0 Å². The molecule has 0 spiro atoms. The summed E-state index contributed by atoms with van der Waals surface area (Å²) < 4.78 is 18.0. The minimum Gasteiger partial charge on any atom is -0.453 e. The molecule has 1 aliphatic heterocycles. The third-order valence-electron chi connectivity index (χ3n) is 3.28. The van der Waals surface area contributed by atoms with E-state index in [1.54, 1.807) is 4.90 Å². The summed E-state index contributed by atoms with van der Waals surface area (Å²) in [5, 5.41) is 0. The van der Waals surface area contributed by atoms with Crippen molar-refractivity contribution in [3.63, 3.8) is 0 Å². The molecular formula is C13H16FN3O3. The summed E-state index contributed by atoms with van der Waals surface area (Å²) in [6.45, 7) is 1.50. The number of methoxy groups -OCH3 is 1. The zero-order chi connectivity index (χ0) is 14.7. The van der Waals surface area contributed by atoms with Crippen LogP contribution in [0.4, 0.5) is 14.9 Å². The van der Waals surface area contributed by atoms with Crippen LogP contribution < -0.4 is 5.73 Å². The van der Waals surface area contributed by atoms with Crippen molar-refractivity contribution in [2.75, 3.05) is 39.0 Å². The maximum Gasteiger partial charge on any atom is 0.409 e. The summed E-state index contributed by atoms with van der Waals surface area (Å²) in [4.78, 5) is 26.7. The molecule has 1 aliphatic rings. The van der Waals surface area contributed by atoms with Crippen LogP contribution in [-0.2, 0) is 4.74 Å². The van der Waals surface area contributed by atoms with Gasteiger partial charge in [0.05, 0.1) is 18.4 Å². The van der Waals surface area contributed by atoms with Crippen LogP contribution in [0.15, 0.2) is 18.2 Å². The minimum absolute atomic E-state index is 0.145. The summed E-state index contributed by atoms with van der Waals surface area (Å²) in [5.41, 5.74) is 5.58. The number of hydrogen-bond acceptors (Lipinski definition) is 4. The summed E-state index contributed by atoms with van der Waals surface area (Å²) in [7, 11) is 1.31. The molecule has 1 aromatic carbocycles. The fraction of sp³-hybridized carbons (Fsp3) is 0.385. The van der Waals surface area contributed by atoms with Gasteiger partial charge in [0.1, 0.15) is 5.82 Å². The van der Waals surface area contributed by atoms with Crippen molar-refractivity contribution in [1.82, 2.24) is 9.80 Å². The topological polar surface area (TPSA) is 75.9 Å². The first-order valence-electron chi connectivity index (χ1n) is 6.20. The van der Waals surface area contributed by atoms with Crippen molar-refractivity contribution < 1.29 is 18.7 Å². The van der Waals surface area contributed by atoms with Crippen LogP contribution >= 0.6 is 0 Å². The maximum atomic E-state index is 13.4. The first-order chi connectivity index (χ1) is 9.54. The van der Waals surface area contributed by atoms with Crippen molar-refractivity contribution in [1.29, 1.82) is 0 Å². The summed E-state index contributed by atoms with van der Waals surface area (Å²) in [5.74, 6) is -0.935. The zero-order valence-electron chi connectivity index (χ0n) is 11.1. The van der Waals surface area contributed by atoms with Gasteiger partial charge < -0.3 is 20.3 Å². The Bertz CT molecular complexity index is 528. The molecule has 108 valence electrons. The van der Waals surface area contributed by atoms with E-state index in [2.05, 4.69) is 4.74 Å². The van der Waals surface area contributed by atoms with Crippen LogP contribution in [0.3, 0.4) is 0 Å². The monoisotopic (exact) mass is 281 g/mol. The molecule has 0 bridgehead atoms. The Labute approximate surface area is 115 Å². The molecule has 2 amide bonds. The average molecular weight is 281 g/mol. The molecule has 7 heteroatoms. The van der Waals surface area contributed by atoms with Crippen LogP contribution in [0.25, 0.3) is 0 Å². The second-order valence-corrected chi connectivity index (χ2v) is 4.45. The normalized spacial score (nSPS) is 15.1. The molecule has 0 unspecified atom stereocenters. The molecular weight excluding hydrogens is 265 g/mol. The highest BCUT2D eigenvalue weighted by Crippen LogP contribution is 2.18. The number of para-hydroxylation sites is 1. The Morgan fingerprint density at radius 1 is 1.20 bits per heavy atom. The van der Waals surface area contributed by atoms with Gasteiger partial charge in [0.2, 0.25) is 0 Å². The second-order valence-electron chi connectivity index (χ2n) is 4.45. The maximum absolute atomic E-state index is 13.4. The van der Waals surface area contributed by atoms with Crippen molar-refractivity contribution in [3.05, 3.63) is 29.6 Å². The first kappa shape index (κ1) is 14.1. The van der Waals surface area contributed by atoms with E-state index < -0.39 is 11.9 Å². The van der Waals surface area contributed by atoms with E-state index in [0.717, 1.165) is 0 Å². The lowest BCUT2D eigenvalue weighted by molar-refractivity contribution is 0.0600. The number of halogens is 1. The van der Waals surface area contributed by atoms with Gasteiger partial charge >= 0.3 is 6.09 Å². The quantitative estimate of drug-likeness (QED) is 0.777. The third-order valence-corrected chi connectivity index (χ3v) is 3.28. The molecule has 0 atom stereocenters. The number of benzene rings is 1. The number of carbonyl (C=O) groups excluding carboxylic acids is 2. The number of hydrogen-bond donors (Lipinski definition) is 1. The molecule has 1 saturated heterocycles. The molecule has 1 heterocycles. The number of nitrogen functional groups attached to an aromatic ring is 1. The molecule has 0 aromatic heterocycles. The highest BCUT2D eigenvalue weighted by atomic mass is 19.1. The summed E-state index contributed by atoms with van der Waals surface area (Å²) in [6, 6.07) is 4.15. The van der Waals surface area contributed by atoms with Crippen LogP contribution in [-0.4, -0.2) is 55.1 Å². The van der Waals surface area contributed by atoms with Crippen molar-refractivity contribution in [2.24, 2.45) is 0 Å². The summed E-state index contributed by atoms with van der Waals surface area (Å²) in [6.07, 6.45) is -0.414. The molecule has 0 radical (unpaired) electrons. The number of ether oxygens (including phenoxy) is 1. The lowest BCUT2D eigenvalue weighted by Crippen LogP contribution is -2.50. The fourth-order valence-corrected chi connectivity index (χ4v) is 2.12. The minimum atomic E-state index is -0.607. The number of nitrogens with two attached hydrogens (primary N) is 1. The van der Waals surface area contributed by atoms with Crippen LogP contribution in [0, 0.1) is 5.82 Å². The zero-order valence-corrected chi connectivity index (χ0v) is 11.1. The van der Waals surface area contributed by atoms with E-state index in [0.29, 0.717) is 26.2 Å². The molecule has 1 aromatic rings. The lowest BCUT2D eigenvalue weighted by atomic mass is 10.1. The van der Waals surface area contributed by atoms with E-state index in [4.69, 9.17) is 5.73 Å². The number of amides is 2. The Balaban J connectivity index is 2.05. The fourth-order valence-electron chi connectivity index (χ4n) is 2.12. The van der Waals surface area contributed by atoms with Gasteiger partial charge in [-0.1, -0.05) is 6.07 Å². The number of nitrogens with zero attached hydrogens (tertiary/aromatic N) is 2. The highest BCUT2D eigenvalue weighted by Gasteiger charge is 2.26. The van der Waals surface area contributed by atoms with E-state index in [1.807, 2.05) is 0 Å². The van der Waals surface area contributed by atoms with Gasteiger partial charge in [0, 0.05) is 26.2 Å². The predicted molar refractivity (Wildman–Crippen MR) is 70.7 cm³/mol. The Hall–Kier alpha value is -2.31.